The molecule has 0 amide bonds. The van der Waals surface area contributed by atoms with Crippen molar-refractivity contribution in [1.29, 1.82) is 10.5 Å². The summed E-state index contributed by atoms with van der Waals surface area (Å²) in [5.74, 6) is 0.865. The number of benzene rings is 2. The molecule has 0 radical (unpaired) electrons. The third-order valence-electron chi connectivity index (χ3n) is 8.09. The summed E-state index contributed by atoms with van der Waals surface area (Å²) in [6.45, 7) is 0.806. The zero-order chi connectivity index (χ0) is 26.8. The van der Waals surface area contributed by atoms with E-state index in [0.29, 0.717) is 61.1 Å². The normalized spacial score (nSPS) is 23.2. The molecule has 0 spiro atoms. The summed E-state index contributed by atoms with van der Waals surface area (Å²) < 4.78 is 11.4. The van der Waals surface area contributed by atoms with E-state index in [2.05, 4.69) is 38.1 Å². The number of nitriles is 2. The van der Waals surface area contributed by atoms with Gasteiger partial charge in [0, 0.05) is 23.8 Å². The number of hydrogen-bond acceptors (Lipinski definition) is 7. The molecule has 9 heteroatoms. The average Bonchev–Trinajstić information content (AvgIpc) is 3.62. The Labute approximate surface area is 226 Å². The quantitative estimate of drug-likeness (QED) is 0.293. The Kier molecular flexibility index (Phi) is 5.02. The average molecular weight is 522 g/mol. The molecule has 0 saturated heterocycles. The van der Waals surface area contributed by atoms with Gasteiger partial charge in [0.1, 0.15) is 11.8 Å². The van der Waals surface area contributed by atoms with Crippen LogP contribution in [0.4, 0.5) is 11.4 Å². The molecule has 4 saturated carbocycles. The second kappa shape index (κ2) is 8.72. The first kappa shape index (κ1) is 21.9. The molecular weight excluding hydrogens is 496 g/mol. The van der Waals surface area contributed by atoms with E-state index in [1.54, 1.807) is 47.4 Å². The van der Waals surface area contributed by atoms with E-state index < -0.39 is 6.02 Å². The number of nitrogens with zero attached hydrogens (tertiary/aromatic N) is 6. The lowest BCUT2D eigenvalue weighted by Gasteiger charge is -2.62. The monoisotopic (exact) mass is 521 g/mol. The lowest BCUT2D eigenvalue weighted by molar-refractivity contribution is -0.0929. The van der Waals surface area contributed by atoms with Gasteiger partial charge in [-0.15, -0.1) is 5.10 Å². The predicted molar refractivity (Wildman–Crippen MR) is 145 cm³/mol. The topological polar surface area (TPSA) is 115 Å². The fourth-order valence-electron chi connectivity index (χ4n) is 5.84. The van der Waals surface area contributed by atoms with Crippen LogP contribution in [-0.2, 0) is 0 Å². The molecule has 4 fully saturated rings. The Balaban J connectivity index is 1.32. The first-order valence-corrected chi connectivity index (χ1v) is 13.2. The SMILES string of the molecule is [2H]C(Nc1cc(Cl)c2ncc(C#N)c(NCC34CC(C3)C4)c2c1)(c1cccc(C#N)c1)c1cn(C2CC2)nn1. The van der Waals surface area contributed by atoms with E-state index >= 15 is 0 Å². The van der Waals surface area contributed by atoms with Gasteiger partial charge in [-0.2, -0.15) is 10.5 Å². The van der Waals surface area contributed by atoms with Crippen molar-refractivity contribution in [3.63, 3.8) is 0 Å². The molecule has 2 bridgehead atoms. The highest BCUT2D eigenvalue weighted by Gasteiger charge is 2.56. The van der Waals surface area contributed by atoms with Crippen LogP contribution in [0.25, 0.3) is 10.9 Å². The van der Waals surface area contributed by atoms with Gasteiger partial charge in [0.15, 0.2) is 0 Å². The van der Waals surface area contributed by atoms with Crippen LogP contribution in [-0.4, -0.2) is 26.5 Å². The minimum absolute atomic E-state index is 0.307. The molecule has 4 aliphatic carbocycles. The molecule has 1 atom stereocenters. The predicted octanol–water partition coefficient (Wildman–Crippen LogP) is 5.97. The van der Waals surface area contributed by atoms with Crippen molar-refractivity contribution in [3.8, 4) is 12.1 Å². The lowest BCUT2D eigenvalue weighted by atomic mass is 9.44. The Morgan fingerprint density at radius 2 is 2.03 bits per heavy atom. The maximum atomic E-state index is 9.86. The zero-order valence-corrected chi connectivity index (χ0v) is 21.3. The Morgan fingerprint density at radius 1 is 1.18 bits per heavy atom. The third-order valence-corrected chi connectivity index (χ3v) is 8.38. The van der Waals surface area contributed by atoms with Crippen LogP contribution >= 0.6 is 11.6 Å². The third kappa shape index (κ3) is 3.93. The number of pyridine rings is 1. The van der Waals surface area contributed by atoms with E-state index in [1.807, 2.05) is 6.07 Å². The van der Waals surface area contributed by atoms with Gasteiger partial charge < -0.3 is 10.6 Å². The van der Waals surface area contributed by atoms with E-state index in [-0.39, 0.29) is 0 Å². The van der Waals surface area contributed by atoms with Crippen molar-refractivity contribution in [2.24, 2.45) is 11.3 Å². The molecular formula is C29H25ClN8. The number of halogens is 1. The van der Waals surface area contributed by atoms with Gasteiger partial charge in [-0.05, 0) is 73.3 Å². The van der Waals surface area contributed by atoms with Crippen molar-refractivity contribution >= 4 is 33.9 Å². The molecule has 4 aliphatic rings. The number of rotatable bonds is 8. The molecule has 4 aromatic rings. The van der Waals surface area contributed by atoms with Crippen molar-refractivity contribution in [1.82, 2.24) is 20.0 Å². The Bertz CT molecular complexity index is 1700. The molecule has 188 valence electrons. The van der Waals surface area contributed by atoms with Crippen LogP contribution < -0.4 is 10.6 Å². The minimum atomic E-state index is -1.56. The van der Waals surface area contributed by atoms with Crippen LogP contribution in [0.1, 0.15) is 67.9 Å². The number of aromatic nitrogens is 4. The van der Waals surface area contributed by atoms with Crippen LogP contribution in [0.15, 0.2) is 48.8 Å². The Morgan fingerprint density at radius 3 is 2.74 bits per heavy atom. The molecule has 8 rings (SSSR count). The van der Waals surface area contributed by atoms with E-state index in [4.69, 9.17) is 11.6 Å². The van der Waals surface area contributed by atoms with E-state index in [0.717, 1.165) is 25.3 Å². The summed E-state index contributed by atoms with van der Waals surface area (Å²) in [6.07, 6.45) is 9.15. The molecule has 8 nitrogen and oxygen atoms in total. The summed E-state index contributed by atoms with van der Waals surface area (Å²) in [6, 6.07) is 13.7. The molecule has 0 aliphatic heterocycles. The van der Waals surface area contributed by atoms with Crippen LogP contribution in [0.2, 0.25) is 5.02 Å². The van der Waals surface area contributed by atoms with E-state index in [9.17, 15) is 11.9 Å². The van der Waals surface area contributed by atoms with Crippen molar-refractivity contribution in [2.75, 3.05) is 17.2 Å². The van der Waals surface area contributed by atoms with Gasteiger partial charge >= 0.3 is 0 Å². The number of hydrogen-bond donors (Lipinski definition) is 2. The largest absolute Gasteiger partial charge is 0.383 e. The van der Waals surface area contributed by atoms with Gasteiger partial charge in [0.05, 0.1) is 53.1 Å². The first-order valence-electron chi connectivity index (χ1n) is 13.4. The molecule has 2 aromatic heterocycles. The zero-order valence-electron chi connectivity index (χ0n) is 21.6. The lowest BCUT2D eigenvalue weighted by Crippen LogP contribution is -2.55. The van der Waals surface area contributed by atoms with Gasteiger partial charge in [-0.3, -0.25) is 4.98 Å². The maximum Gasteiger partial charge on any atom is 0.109 e. The molecule has 2 aromatic carbocycles. The van der Waals surface area contributed by atoms with Gasteiger partial charge in [0.25, 0.3) is 0 Å². The summed E-state index contributed by atoms with van der Waals surface area (Å²) >= 11 is 6.74. The van der Waals surface area contributed by atoms with Crippen LogP contribution in [0.5, 0.6) is 0 Å². The molecule has 38 heavy (non-hydrogen) atoms. The second-order valence-corrected chi connectivity index (χ2v) is 11.3. The number of nitrogens with one attached hydrogen (secondary N) is 2. The Hall–Kier alpha value is -4.14. The fourth-order valence-corrected chi connectivity index (χ4v) is 6.11. The highest BCUT2D eigenvalue weighted by Crippen LogP contribution is 2.64. The smallest absolute Gasteiger partial charge is 0.109 e. The van der Waals surface area contributed by atoms with Gasteiger partial charge in [-0.1, -0.05) is 28.9 Å². The van der Waals surface area contributed by atoms with E-state index in [1.165, 1.54) is 19.3 Å². The highest BCUT2D eigenvalue weighted by molar-refractivity contribution is 6.35. The molecule has 1 unspecified atom stereocenters. The molecule has 2 heterocycles. The van der Waals surface area contributed by atoms with Gasteiger partial charge in [-0.25, -0.2) is 4.68 Å². The minimum Gasteiger partial charge on any atom is -0.383 e. The van der Waals surface area contributed by atoms with Crippen molar-refractivity contribution in [3.05, 3.63) is 76.2 Å². The first-order chi connectivity index (χ1) is 18.9. The fraction of sp³-hybridized carbons (Fsp3) is 0.345. The summed E-state index contributed by atoms with van der Waals surface area (Å²) in [4.78, 5) is 4.48. The number of fused-ring (bicyclic) bond motifs is 1. The number of anilines is 2. The summed E-state index contributed by atoms with van der Waals surface area (Å²) in [7, 11) is 0. The van der Waals surface area contributed by atoms with Gasteiger partial charge in [0.2, 0.25) is 0 Å². The molecule has 2 N–H and O–H groups in total. The second-order valence-electron chi connectivity index (χ2n) is 10.9. The maximum absolute atomic E-state index is 9.86. The standard InChI is InChI=1S/C29H25ClN8/c30-24-8-21(7-23-26(20(13-32)14-33-28(23)24)34-16-29-9-18(10-29)11-29)35-27(19-3-1-2-17(6-19)12-31)25-15-38(37-36-25)22-4-5-22/h1-3,6-8,14-15,18,22,27,35H,4-5,9-11,16H2,(H,33,34)/i27D. The highest BCUT2D eigenvalue weighted by atomic mass is 35.5. The van der Waals surface area contributed by atoms with Crippen molar-refractivity contribution < 1.29 is 1.37 Å². The van der Waals surface area contributed by atoms with Crippen molar-refractivity contribution in [2.45, 2.75) is 44.2 Å². The van der Waals surface area contributed by atoms with Crippen LogP contribution in [0, 0.1) is 34.0 Å². The summed E-state index contributed by atoms with van der Waals surface area (Å²) in [5.41, 5.74) is 4.05. The summed E-state index contributed by atoms with van der Waals surface area (Å²) in [5, 5.41) is 36.0. The van der Waals surface area contributed by atoms with Crippen LogP contribution in [0.3, 0.4) is 0 Å².